The molecule has 0 saturated heterocycles. The Morgan fingerprint density at radius 1 is 1.45 bits per heavy atom. The quantitative estimate of drug-likeness (QED) is 0.344. The molecule has 62 valence electrons. The van der Waals surface area contributed by atoms with Crippen molar-refractivity contribution in [2.45, 2.75) is 20.8 Å². The lowest BCUT2D eigenvalue weighted by atomic mass is 10.4. The first-order valence-electron chi connectivity index (χ1n) is 3.38. The van der Waals surface area contributed by atoms with Crippen LogP contribution in [0.5, 0.6) is 0 Å². The lowest BCUT2D eigenvalue weighted by Crippen LogP contribution is -2.02. The molecule has 0 radical (unpaired) electrons. The molecule has 0 unspecified atom stereocenters. The molecule has 11 heavy (non-hydrogen) atoms. The fraction of sp³-hybridized carbons (Fsp3) is 0.500. The molecule has 0 rings (SSSR count). The third-order valence-electron chi connectivity index (χ3n) is 1.02. The number of methoxy groups -OCH3 is 1. The van der Waals surface area contributed by atoms with Crippen molar-refractivity contribution >= 4 is 11.6 Å². The predicted octanol–water partition coefficient (Wildman–Crippen LogP) is 1.54. The van der Waals surface area contributed by atoms with Gasteiger partial charge in [-0.3, -0.25) is 4.79 Å². The van der Waals surface area contributed by atoms with E-state index in [1.807, 2.05) is 0 Å². The first kappa shape index (κ1) is 9.88. The Hall–Kier alpha value is -1.12. The summed E-state index contributed by atoms with van der Waals surface area (Å²) in [6.45, 7) is 5.26. The first-order valence-corrected chi connectivity index (χ1v) is 3.38. The molecule has 0 atom stereocenters. The van der Waals surface area contributed by atoms with Crippen LogP contribution in [0.15, 0.2) is 16.8 Å². The van der Waals surface area contributed by atoms with Gasteiger partial charge in [0.25, 0.3) is 0 Å². The molecule has 0 saturated carbocycles. The second-order valence-electron chi connectivity index (χ2n) is 2.22. The highest BCUT2D eigenvalue weighted by molar-refractivity contribution is 6.00. The summed E-state index contributed by atoms with van der Waals surface area (Å²) >= 11 is 0. The SMILES string of the molecule is C/C=C(/OC)C(=O)N=C(C)C. The molecule has 0 spiro atoms. The molecule has 3 nitrogen and oxygen atoms in total. The zero-order valence-electron chi connectivity index (χ0n) is 7.34. The maximum Gasteiger partial charge on any atom is 0.311 e. The molecular formula is C8H13NO2. The van der Waals surface area contributed by atoms with Gasteiger partial charge in [0, 0.05) is 5.71 Å². The number of aliphatic imine (C=N–C) groups is 1. The maximum atomic E-state index is 11.0. The number of ether oxygens (including phenoxy) is 1. The zero-order chi connectivity index (χ0) is 8.85. The summed E-state index contributed by atoms with van der Waals surface area (Å²) in [6.07, 6.45) is 1.59. The van der Waals surface area contributed by atoms with Gasteiger partial charge in [-0.15, -0.1) is 0 Å². The van der Waals surface area contributed by atoms with Crippen molar-refractivity contribution in [2.24, 2.45) is 4.99 Å². The normalized spacial score (nSPS) is 10.7. The number of rotatable bonds is 2. The molecule has 0 fully saturated rings. The van der Waals surface area contributed by atoms with Crippen molar-refractivity contribution < 1.29 is 9.53 Å². The van der Waals surface area contributed by atoms with Gasteiger partial charge in [0.05, 0.1) is 7.11 Å². The van der Waals surface area contributed by atoms with E-state index in [-0.39, 0.29) is 11.7 Å². The van der Waals surface area contributed by atoms with Crippen LogP contribution in [0.2, 0.25) is 0 Å². The summed E-state index contributed by atoms with van der Waals surface area (Å²) in [5, 5.41) is 0. The van der Waals surface area contributed by atoms with E-state index in [0.29, 0.717) is 0 Å². The van der Waals surface area contributed by atoms with E-state index in [0.717, 1.165) is 5.71 Å². The predicted molar refractivity (Wildman–Crippen MR) is 44.6 cm³/mol. The monoisotopic (exact) mass is 155 g/mol. The molecule has 1 amide bonds. The average Bonchev–Trinajstić information content (AvgIpc) is 1.88. The number of allylic oxidation sites excluding steroid dienone is 1. The van der Waals surface area contributed by atoms with Crippen LogP contribution in [0.4, 0.5) is 0 Å². The number of hydrogen-bond donors (Lipinski definition) is 0. The lowest BCUT2D eigenvalue weighted by Gasteiger charge is -1.98. The van der Waals surface area contributed by atoms with Gasteiger partial charge in [-0.1, -0.05) is 0 Å². The van der Waals surface area contributed by atoms with Crippen LogP contribution in [0.3, 0.4) is 0 Å². The molecule has 0 aliphatic carbocycles. The Balaban J connectivity index is 4.37. The summed E-state index contributed by atoms with van der Waals surface area (Å²) in [5.74, 6) is -0.0406. The summed E-state index contributed by atoms with van der Waals surface area (Å²) in [7, 11) is 1.45. The molecule has 3 heteroatoms. The smallest absolute Gasteiger partial charge is 0.311 e. The lowest BCUT2D eigenvalue weighted by molar-refractivity contribution is -0.117. The van der Waals surface area contributed by atoms with E-state index >= 15 is 0 Å². The van der Waals surface area contributed by atoms with E-state index in [9.17, 15) is 4.79 Å². The van der Waals surface area contributed by atoms with Crippen molar-refractivity contribution in [1.82, 2.24) is 0 Å². The van der Waals surface area contributed by atoms with Gasteiger partial charge >= 0.3 is 5.91 Å². The highest BCUT2D eigenvalue weighted by Crippen LogP contribution is 1.97. The fourth-order valence-corrected chi connectivity index (χ4v) is 0.587. The Kier molecular flexibility index (Phi) is 4.18. The van der Waals surface area contributed by atoms with E-state index < -0.39 is 0 Å². The molecular weight excluding hydrogens is 142 g/mol. The minimum atomic E-state index is -0.324. The molecule has 0 aromatic heterocycles. The highest BCUT2D eigenvalue weighted by atomic mass is 16.5. The second kappa shape index (κ2) is 4.66. The van der Waals surface area contributed by atoms with Gasteiger partial charge in [-0.25, -0.2) is 4.99 Å². The highest BCUT2D eigenvalue weighted by Gasteiger charge is 2.04. The molecule has 0 N–H and O–H groups in total. The van der Waals surface area contributed by atoms with Crippen LogP contribution in [0, 0.1) is 0 Å². The molecule has 0 bridgehead atoms. The van der Waals surface area contributed by atoms with E-state index in [2.05, 4.69) is 4.99 Å². The third-order valence-corrected chi connectivity index (χ3v) is 1.02. The Morgan fingerprint density at radius 3 is 2.27 bits per heavy atom. The van der Waals surface area contributed by atoms with Gasteiger partial charge in [0.1, 0.15) is 0 Å². The van der Waals surface area contributed by atoms with Crippen molar-refractivity contribution in [1.29, 1.82) is 0 Å². The van der Waals surface area contributed by atoms with Gasteiger partial charge in [0.2, 0.25) is 0 Å². The first-order chi connectivity index (χ1) is 5.11. The van der Waals surface area contributed by atoms with Crippen LogP contribution in [0.25, 0.3) is 0 Å². The largest absolute Gasteiger partial charge is 0.491 e. The van der Waals surface area contributed by atoms with Gasteiger partial charge in [-0.2, -0.15) is 0 Å². The molecule has 0 aromatic rings. The average molecular weight is 155 g/mol. The Labute approximate surface area is 66.8 Å². The fourth-order valence-electron chi connectivity index (χ4n) is 0.587. The van der Waals surface area contributed by atoms with E-state index in [4.69, 9.17) is 4.74 Å². The van der Waals surface area contributed by atoms with E-state index in [1.54, 1.807) is 26.8 Å². The minimum absolute atomic E-state index is 0.284. The van der Waals surface area contributed by atoms with Gasteiger partial charge in [0.15, 0.2) is 5.76 Å². The van der Waals surface area contributed by atoms with Gasteiger partial charge in [-0.05, 0) is 26.8 Å². The van der Waals surface area contributed by atoms with Crippen LogP contribution in [-0.4, -0.2) is 18.7 Å². The van der Waals surface area contributed by atoms with Crippen LogP contribution in [-0.2, 0) is 9.53 Å². The molecule has 0 aromatic carbocycles. The van der Waals surface area contributed by atoms with Crippen LogP contribution < -0.4 is 0 Å². The number of hydrogen-bond acceptors (Lipinski definition) is 2. The van der Waals surface area contributed by atoms with E-state index in [1.165, 1.54) is 7.11 Å². The van der Waals surface area contributed by atoms with Crippen molar-refractivity contribution in [3.05, 3.63) is 11.8 Å². The minimum Gasteiger partial charge on any atom is -0.491 e. The van der Waals surface area contributed by atoms with Crippen LogP contribution >= 0.6 is 0 Å². The Bertz CT molecular complexity index is 200. The zero-order valence-corrected chi connectivity index (χ0v) is 7.34. The third kappa shape index (κ3) is 3.55. The number of carbonyl (C=O) groups is 1. The van der Waals surface area contributed by atoms with Crippen molar-refractivity contribution in [3.8, 4) is 0 Å². The molecule has 0 heterocycles. The topological polar surface area (TPSA) is 38.7 Å². The van der Waals surface area contributed by atoms with Crippen molar-refractivity contribution in [3.63, 3.8) is 0 Å². The number of nitrogens with zero attached hydrogens (tertiary/aromatic N) is 1. The summed E-state index contributed by atoms with van der Waals surface area (Å²) in [4.78, 5) is 14.7. The molecule has 0 aliphatic rings. The van der Waals surface area contributed by atoms with Crippen LogP contribution in [0.1, 0.15) is 20.8 Å². The Morgan fingerprint density at radius 2 is 2.00 bits per heavy atom. The summed E-state index contributed by atoms with van der Waals surface area (Å²) < 4.78 is 4.77. The number of amides is 1. The number of carbonyl (C=O) groups excluding carboxylic acids is 1. The van der Waals surface area contributed by atoms with Crippen molar-refractivity contribution in [2.75, 3.05) is 7.11 Å². The van der Waals surface area contributed by atoms with Gasteiger partial charge < -0.3 is 4.74 Å². The maximum absolute atomic E-state index is 11.0. The summed E-state index contributed by atoms with van der Waals surface area (Å²) in [6, 6.07) is 0. The molecule has 0 aliphatic heterocycles. The standard InChI is InChI=1S/C8H13NO2/c1-5-7(11-4)8(10)9-6(2)3/h5H,1-4H3/b7-5+. The summed E-state index contributed by atoms with van der Waals surface area (Å²) in [5.41, 5.74) is 0.728. The second-order valence-corrected chi connectivity index (χ2v) is 2.22.